The highest BCUT2D eigenvalue weighted by molar-refractivity contribution is 5.88. The van der Waals surface area contributed by atoms with Gasteiger partial charge < -0.3 is 5.11 Å². The van der Waals surface area contributed by atoms with Gasteiger partial charge in [-0.15, -0.1) is 0 Å². The molecule has 12 heavy (non-hydrogen) atoms. The number of carbonyl (C=O) groups is 1. The van der Waals surface area contributed by atoms with Gasteiger partial charge in [0.2, 0.25) is 0 Å². The molecule has 1 unspecified atom stereocenters. The van der Waals surface area contributed by atoms with Crippen LogP contribution in [-0.4, -0.2) is 16.5 Å². The fourth-order valence-corrected chi connectivity index (χ4v) is 1.14. The Bertz CT molecular complexity index is 190. The number of rotatable bonds is 4. The molecular formula is C10H18O2. The van der Waals surface area contributed by atoms with Crippen molar-refractivity contribution in [3.8, 4) is 0 Å². The van der Waals surface area contributed by atoms with Crippen LogP contribution in [0.2, 0.25) is 0 Å². The molecule has 1 N–H and O–H groups in total. The first-order valence-corrected chi connectivity index (χ1v) is 4.32. The fraction of sp³-hybridized carbons (Fsp3) is 0.700. The van der Waals surface area contributed by atoms with E-state index < -0.39 is 5.60 Å². The van der Waals surface area contributed by atoms with Crippen LogP contribution >= 0.6 is 0 Å². The molecule has 1 atom stereocenters. The van der Waals surface area contributed by atoms with Crippen molar-refractivity contribution in [2.24, 2.45) is 0 Å². The largest absolute Gasteiger partial charge is 0.386 e. The maximum Gasteiger partial charge on any atom is 0.152 e. The van der Waals surface area contributed by atoms with Crippen molar-refractivity contribution in [2.45, 2.75) is 46.1 Å². The first-order chi connectivity index (χ1) is 5.40. The molecular weight excluding hydrogens is 152 g/mol. The molecule has 2 nitrogen and oxygen atoms in total. The molecule has 0 aliphatic heterocycles. The molecule has 0 aliphatic rings. The van der Waals surface area contributed by atoms with Crippen LogP contribution in [0.25, 0.3) is 0 Å². The van der Waals surface area contributed by atoms with Crippen LogP contribution in [0.15, 0.2) is 11.6 Å². The van der Waals surface area contributed by atoms with Crippen LogP contribution < -0.4 is 0 Å². The van der Waals surface area contributed by atoms with Crippen molar-refractivity contribution in [2.75, 3.05) is 0 Å². The zero-order valence-electron chi connectivity index (χ0n) is 8.35. The molecule has 0 saturated heterocycles. The summed E-state index contributed by atoms with van der Waals surface area (Å²) in [5.41, 5.74) is -0.0719. The summed E-state index contributed by atoms with van der Waals surface area (Å²) in [4.78, 5) is 10.7. The van der Waals surface area contributed by atoms with Crippen LogP contribution in [0, 0.1) is 0 Å². The summed E-state index contributed by atoms with van der Waals surface area (Å²) < 4.78 is 0. The lowest BCUT2D eigenvalue weighted by atomic mass is 9.91. The zero-order valence-corrected chi connectivity index (χ0v) is 8.35. The summed E-state index contributed by atoms with van der Waals surface area (Å²) in [6.07, 6.45) is 3.11. The molecule has 0 aliphatic carbocycles. The normalized spacial score (nSPS) is 17.2. The molecule has 0 aromatic heterocycles. The van der Waals surface area contributed by atoms with Gasteiger partial charge in [-0.1, -0.05) is 13.3 Å². The summed E-state index contributed by atoms with van der Waals surface area (Å²) in [6, 6.07) is 0. The second-order valence-corrected chi connectivity index (χ2v) is 3.46. The summed E-state index contributed by atoms with van der Waals surface area (Å²) in [7, 11) is 0. The molecule has 0 amide bonds. The van der Waals surface area contributed by atoms with Crippen molar-refractivity contribution in [3.05, 3.63) is 11.6 Å². The highest BCUT2D eigenvalue weighted by atomic mass is 16.3. The topological polar surface area (TPSA) is 37.3 Å². The first-order valence-electron chi connectivity index (χ1n) is 4.32. The smallest absolute Gasteiger partial charge is 0.152 e. The molecule has 0 aromatic carbocycles. The Labute approximate surface area is 74.3 Å². The number of hydrogen-bond donors (Lipinski definition) is 1. The van der Waals surface area contributed by atoms with E-state index in [-0.39, 0.29) is 5.78 Å². The standard InChI is InChI=1S/C10H18O2/c1-5-6-10(4,12)8(2)7-9(3)11/h7,12H,5-6H2,1-4H3/b8-7+. The molecule has 2 heteroatoms. The van der Waals surface area contributed by atoms with Gasteiger partial charge in [0.05, 0.1) is 5.60 Å². The van der Waals surface area contributed by atoms with E-state index in [1.165, 1.54) is 13.0 Å². The first kappa shape index (κ1) is 11.4. The SMILES string of the molecule is CCCC(C)(O)/C(C)=C/C(C)=O. The van der Waals surface area contributed by atoms with E-state index in [2.05, 4.69) is 0 Å². The maximum atomic E-state index is 10.7. The fourth-order valence-electron chi connectivity index (χ4n) is 1.14. The lowest BCUT2D eigenvalue weighted by Crippen LogP contribution is -2.25. The Balaban J connectivity index is 4.43. The minimum atomic E-state index is -0.819. The highest BCUT2D eigenvalue weighted by Crippen LogP contribution is 2.21. The van der Waals surface area contributed by atoms with Gasteiger partial charge in [-0.25, -0.2) is 0 Å². The minimum absolute atomic E-state index is 0.0103. The predicted octanol–water partition coefficient (Wildman–Crippen LogP) is 2.07. The van der Waals surface area contributed by atoms with Gasteiger partial charge in [-0.3, -0.25) is 4.79 Å². The Kier molecular flexibility index (Phi) is 4.18. The molecule has 0 rings (SSSR count). The van der Waals surface area contributed by atoms with Gasteiger partial charge in [-0.05, 0) is 38.8 Å². The third-order valence-corrected chi connectivity index (χ3v) is 2.01. The molecule has 0 fully saturated rings. The number of aliphatic hydroxyl groups is 1. The number of allylic oxidation sites excluding steroid dienone is 1. The number of ketones is 1. The van der Waals surface area contributed by atoms with Gasteiger partial charge in [0.15, 0.2) is 5.78 Å². The highest BCUT2D eigenvalue weighted by Gasteiger charge is 2.21. The zero-order chi connectivity index (χ0) is 9.78. The summed E-state index contributed by atoms with van der Waals surface area (Å²) in [6.45, 7) is 7.03. The third-order valence-electron chi connectivity index (χ3n) is 2.01. The average Bonchev–Trinajstić information content (AvgIpc) is 1.85. The Morgan fingerprint density at radius 2 is 2.00 bits per heavy atom. The van der Waals surface area contributed by atoms with E-state index in [0.717, 1.165) is 12.0 Å². The van der Waals surface area contributed by atoms with Gasteiger partial charge in [-0.2, -0.15) is 0 Å². The predicted molar refractivity (Wildman–Crippen MR) is 50.0 cm³/mol. The van der Waals surface area contributed by atoms with Gasteiger partial charge in [0.1, 0.15) is 0 Å². The van der Waals surface area contributed by atoms with Crippen LogP contribution in [0.1, 0.15) is 40.5 Å². The van der Waals surface area contributed by atoms with E-state index in [0.29, 0.717) is 6.42 Å². The van der Waals surface area contributed by atoms with Crippen molar-refractivity contribution >= 4 is 5.78 Å². The van der Waals surface area contributed by atoms with Crippen molar-refractivity contribution in [1.82, 2.24) is 0 Å². The van der Waals surface area contributed by atoms with Gasteiger partial charge >= 0.3 is 0 Å². The second-order valence-electron chi connectivity index (χ2n) is 3.46. The Morgan fingerprint density at radius 1 is 1.50 bits per heavy atom. The van der Waals surface area contributed by atoms with Gasteiger partial charge in [0, 0.05) is 0 Å². The van der Waals surface area contributed by atoms with E-state index in [4.69, 9.17) is 0 Å². The summed E-state index contributed by atoms with van der Waals surface area (Å²) in [5, 5.41) is 9.81. The van der Waals surface area contributed by atoms with E-state index in [9.17, 15) is 9.90 Å². The number of carbonyl (C=O) groups excluding carboxylic acids is 1. The summed E-state index contributed by atoms with van der Waals surface area (Å²) >= 11 is 0. The Morgan fingerprint density at radius 3 is 2.33 bits per heavy atom. The van der Waals surface area contributed by atoms with Gasteiger partial charge in [0.25, 0.3) is 0 Å². The quantitative estimate of drug-likeness (QED) is 0.656. The summed E-state index contributed by atoms with van der Waals surface area (Å²) in [5.74, 6) is -0.0103. The van der Waals surface area contributed by atoms with E-state index in [1.54, 1.807) is 13.8 Å². The molecule has 0 saturated carbocycles. The molecule has 0 heterocycles. The molecule has 0 bridgehead atoms. The molecule has 0 radical (unpaired) electrons. The average molecular weight is 170 g/mol. The second kappa shape index (κ2) is 4.41. The van der Waals surface area contributed by atoms with E-state index in [1.807, 2.05) is 6.92 Å². The van der Waals surface area contributed by atoms with E-state index >= 15 is 0 Å². The lowest BCUT2D eigenvalue weighted by Gasteiger charge is -2.23. The van der Waals surface area contributed by atoms with Crippen LogP contribution in [0.5, 0.6) is 0 Å². The molecule has 0 aromatic rings. The van der Waals surface area contributed by atoms with Crippen LogP contribution in [0.4, 0.5) is 0 Å². The Hall–Kier alpha value is -0.630. The van der Waals surface area contributed by atoms with Crippen LogP contribution in [-0.2, 0) is 4.79 Å². The van der Waals surface area contributed by atoms with Crippen molar-refractivity contribution in [1.29, 1.82) is 0 Å². The van der Waals surface area contributed by atoms with Crippen molar-refractivity contribution < 1.29 is 9.90 Å². The monoisotopic (exact) mass is 170 g/mol. The maximum absolute atomic E-state index is 10.7. The van der Waals surface area contributed by atoms with Crippen molar-refractivity contribution in [3.63, 3.8) is 0 Å². The lowest BCUT2D eigenvalue weighted by molar-refractivity contribution is -0.112. The molecule has 0 spiro atoms. The number of hydrogen-bond acceptors (Lipinski definition) is 2. The third kappa shape index (κ3) is 3.67. The van der Waals surface area contributed by atoms with Crippen LogP contribution in [0.3, 0.4) is 0 Å². The molecule has 70 valence electrons. The minimum Gasteiger partial charge on any atom is -0.386 e.